The number of amides is 1. The molecule has 0 fully saturated rings. The first-order valence-corrected chi connectivity index (χ1v) is 6.83. The first kappa shape index (κ1) is 14.0. The van der Waals surface area contributed by atoms with Crippen molar-refractivity contribution in [3.8, 4) is 11.8 Å². The van der Waals surface area contributed by atoms with Crippen molar-refractivity contribution in [2.75, 3.05) is 7.11 Å². The molecule has 2 heterocycles. The van der Waals surface area contributed by atoms with Crippen molar-refractivity contribution >= 4 is 11.6 Å². The van der Waals surface area contributed by atoms with Crippen molar-refractivity contribution in [2.45, 2.75) is 5.92 Å². The number of hydrogen-bond acceptors (Lipinski definition) is 4. The molecular formula is C17H14N2O3. The quantitative estimate of drug-likeness (QED) is 0.944. The van der Waals surface area contributed by atoms with Crippen molar-refractivity contribution in [2.24, 2.45) is 5.92 Å². The molecule has 22 heavy (non-hydrogen) atoms. The highest BCUT2D eigenvalue weighted by atomic mass is 16.5. The van der Waals surface area contributed by atoms with Crippen molar-refractivity contribution in [3.63, 3.8) is 0 Å². The lowest BCUT2D eigenvalue weighted by molar-refractivity contribution is -0.122. The van der Waals surface area contributed by atoms with Gasteiger partial charge in [-0.3, -0.25) is 4.79 Å². The molecular weight excluding hydrogens is 280 g/mol. The van der Waals surface area contributed by atoms with Crippen LogP contribution in [0.5, 0.6) is 5.75 Å². The number of nitrogens with one attached hydrogen (secondary N) is 1. The Morgan fingerprint density at radius 1 is 1.27 bits per heavy atom. The van der Waals surface area contributed by atoms with Crippen molar-refractivity contribution in [1.29, 1.82) is 5.26 Å². The molecule has 2 aromatic rings. The van der Waals surface area contributed by atoms with E-state index in [0.717, 1.165) is 11.3 Å². The van der Waals surface area contributed by atoms with E-state index in [9.17, 15) is 10.1 Å². The highest BCUT2D eigenvalue weighted by molar-refractivity contribution is 5.93. The molecule has 1 aliphatic heterocycles. The number of carbonyl (C=O) groups excluding carboxylic acids is 1. The lowest BCUT2D eigenvalue weighted by Crippen LogP contribution is -2.36. The van der Waals surface area contributed by atoms with Crippen LogP contribution >= 0.6 is 0 Å². The second-order valence-corrected chi connectivity index (χ2v) is 4.95. The molecule has 0 aliphatic carbocycles. The smallest absolute Gasteiger partial charge is 0.242 e. The molecule has 5 heteroatoms. The van der Waals surface area contributed by atoms with Gasteiger partial charge in [0.25, 0.3) is 0 Å². The molecule has 2 atom stereocenters. The summed E-state index contributed by atoms with van der Waals surface area (Å²) in [6, 6.07) is 13.0. The third-order valence-electron chi connectivity index (χ3n) is 3.67. The minimum absolute atomic E-state index is 0.322. The lowest BCUT2D eigenvalue weighted by atomic mass is 9.83. The second-order valence-electron chi connectivity index (χ2n) is 4.95. The van der Waals surface area contributed by atoms with Gasteiger partial charge in [-0.1, -0.05) is 12.1 Å². The third kappa shape index (κ3) is 2.47. The van der Waals surface area contributed by atoms with Gasteiger partial charge in [0.2, 0.25) is 5.91 Å². The minimum Gasteiger partial charge on any atom is -0.497 e. The molecule has 0 bridgehead atoms. The van der Waals surface area contributed by atoms with Gasteiger partial charge >= 0.3 is 0 Å². The van der Waals surface area contributed by atoms with E-state index in [2.05, 4.69) is 11.4 Å². The molecule has 0 unspecified atom stereocenters. The number of furan rings is 1. The number of nitriles is 1. The summed E-state index contributed by atoms with van der Waals surface area (Å²) < 4.78 is 10.5. The molecule has 110 valence electrons. The number of nitrogens with zero attached hydrogens (tertiary/aromatic N) is 1. The summed E-state index contributed by atoms with van der Waals surface area (Å²) in [6.07, 6.45) is 3.40. The summed E-state index contributed by atoms with van der Waals surface area (Å²) in [7, 11) is 1.59. The predicted molar refractivity (Wildman–Crippen MR) is 79.7 cm³/mol. The van der Waals surface area contributed by atoms with Gasteiger partial charge in [0.05, 0.1) is 25.1 Å². The van der Waals surface area contributed by atoms with Crippen molar-refractivity contribution < 1.29 is 13.9 Å². The van der Waals surface area contributed by atoms with Crippen LogP contribution in [0.1, 0.15) is 17.2 Å². The Kier molecular flexibility index (Phi) is 3.67. The Morgan fingerprint density at radius 3 is 2.64 bits per heavy atom. The maximum Gasteiger partial charge on any atom is 0.242 e. The number of hydrogen-bond donors (Lipinski definition) is 1. The van der Waals surface area contributed by atoms with E-state index in [1.54, 1.807) is 25.5 Å². The summed E-state index contributed by atoms with van der Waals surface area (Å²) in [6.45, 7) is 0. The van der Waals surface area contributed by atoms with Gasteiger partial charge in [-0.05, 0) is 35.9 Å². The van der Waals surface area contributed by atoms with Crippen LogP contribution in [0.4, 0.5) is 0 Å². The van der Waals surface area contributed by atoms with Crippen LogP contribution in [0, 0.1) is 17.2 Å². The lowest BCUT2D eigenvalue weighted by Gasteiger charge is -2.25. The van der Waals surface area contributed by atoms with E-state index in [-0.39, 0.29) is 11.8 Å². The van der Waals surface area contributed by atoms with Gasteiger partial charge in [0, 0.05) is 5.92 Å². The zero-order chi connectivity index (χ0) is 15.5. The van der Waals surface area contributed by atoms with Crippen molar-refractivity contribution in [1.82, 2.24) is 5.32 Å². The highest BCUT2D eigenvalue weighted by Crippen LogP contribution is 2.33. The molecule has 1 amide bonds. The zero-order valence-corrected chi connectivity index (χ0v) is 11.9. The van der Waals surface area contributed by atoms with Gasteiger partial charge in [0.1, 0.15) is 17.4 Å². The third-order valence-corrected chi connectivity index (χ3v) is 3.67. The van der Waals surface area contributed by atoms with Gasteiger partial charge in [0.15, 0.2) is 0 Å². The number of methoxy groups -OCH3 is 1. The van der Waals surface area contributed by atoms with Crippen LogP contribution in [-0.4, -0.2) is 13.0 Å². The predicted octanol–water partition coefficient (Wildman–Crippen LogP) is 2.68. The Labute approximate surface area is 127 Å². The van der Waals surface area contributed by atoms with E-state index < -0.39 is 5.92 Å². The number of allylic oxidation sites excluding steroid dienone is 1. The van der Waals surface area contributed by atoms with Crippen LogP contribution in [-0.2, 0) is 4.79 Å². The van der Waals surface area contributed by atoms with Crippen LogP contribution < -0.4 is 10.1 Å². The molecule has 3 rings (SSSR count). The number of benzene rings is 1. The zero-order valence-electron chi connectivity index (χ0n) is 11.9. The molecule has 5 nitrogen and oxygen atoms in total. The van der Waals surface area contributed by atoms with Gasteiger partial charge in [-0.25, -0.2) is 0 Å². The van der Waals surface area contributed by atoms with E-state index in [1.165, 1.54) is 0 Å². The summed E-state index contributed by atoms with van der Waals surface area (Å²) in [5.74, 6) is -0.120. The highest BCUT2D eigenvalue weighted by Gasteiger charge is 2.33. The van der Waals surface area contributed by atoms with E-state index >= 15 is 0 Å². The van der Waals surface area contributed by atoms with Crippen LogP contribution in [0.25, 0.3) is 5.70 Å². The maximum atomic E-state index is 12.2. The van der Waals surface area contributed by atoms with Gasteiger partial charge < -0.3 is 14.5 Å². The monoisotopic (exact) mass is 294 g/mol. The average molecular weight is 294 g/mol. The SMILES string of the molecule is COc1ccc([C@H]2C=C(c3ccco3)NC(=O)[C@H]2C#N)cc1. The molecule has 0 saturated heterocycles. The fourth-order valence-electron chi connectivity index (χ4n) is 2.52. The fourth-order valence-corrected chi connectivity index (χ4v) is 2.52. The first-order valence-electron chi connectivity index (χ1n) is 6.83. The van der Waals surface area contributed by atoms with Crippen LogP contribution in [0.3, 0.4) is 0 Å². The largest absolute Gasteiger partial charge is 0.497 e. The maximum absolute atomic E-state index is 12.2. The van der Waals surface area contributed by atoms with E-state index in [1.807, 2.05) is 30.3 Å². The molecule has 0 saturated carbocycles. The van der Waals surface area contributed by atoms with E-state index in [0.29, 0.717) is 11.5 Å². The van der Waals surface area contributed by atoms with Gasteiger partial charge in [-0.15, -0.1) is 0 Å². The number of carbonyl (C=O) groups is 1. The Morgan fingerprint density at radius 2 is 2.05 bits per heavy atom. The average Bonchev–Trinajstić information content (AvgIpc) is 3.08. The fraction of sp³-hybridized carbons (Fsp3) is 0.176. The Hall–Kier alpha value is -3.00. The summed E-state index contributed by atoms with van der Waals surface area (Å²) >= 11 is 0. The first-order chi connectivity index (χ1) is 10.7. The van der Waals surface area contributed by atoms with Crippen LogP contribution in [0.2, 0.25) is 0 Å². The molecule has 1 aromatic carbocycles. The molecule has 1 N–H and O–H groups in total. The van der Waals surface area contributed by atoms with Gasteiger partial charge in [-0.2, -0.15) is 5.26 Å². The minimum atomic E-state index is -0.771. The normalized spacial score (nSPS) is 20.7. The number of ether oxygens (including phenoxy) is 1. The standard InChI is InChI=1S/C17H14N2O3/c1-21-12-6-4-11(5-7-12)13-9-15(16-3-2-8-22-16)19-17(20)14(13)10-18/h2-9,13-14H,1H3,(H,19,20)/t13-,14+/m1/s1. The molecule has 1 aliphatic rings. The second kappa shape index (κ2) is 5.78. The number of rotatable bonds is 3. The Balaban J connectivity index is 2.02. The molecule has 0 radical (unpaired) electrons. The van der Waals surface area contributed by atoms with E-state index in [4.69, 9.17) is 9.15 Å². The summed E-state index contributed by atoms with van der Waals surface area (Å²) in [5.41, 5.74) is 1.47. The van der Waals surface area contributed by atoms with Crippen molar-refractivity contribution in [3.05, 3.63) is 60.1 Å². The summed E-state index contributed by atoms with van der Waals surface area (Å²) in [5, 5.41) is 12.0. The molecule has 1 aromatic heterocycles. The topological polar surface area (TPSA) is 75.3 Å². The summed E-state index contributed by atoms with van der Waals surface area (Å²) in [4.78, 5) is 12.2. The Bertz CT molecular complexity index is 739. The van der Waals surface area contributed by atoms with Crippen LogP contribution in [0.15, 0.2) is 53.2 Å². The molecule has 0 spiro atoms.